The van der Waals surface area contributed by atoms with Crippen LogP contribution in [-0.4, -0.2) is 47.6 Å². The van der Waals surface area contributed by atoms with Crippen LogP contribution in [0.25, 0.3) is 0 Å². The number of hydrogen-bond acceptors (Lipinski definition) is 5. The van der Waals surface area contributed by atoms with Crippen molar-refractivity contribution < 1.29 is 19.5 Å². The third-order valence-corrected chi connectivity index (χ3v) is 4.54. The second-order valence-corrected chi connectivity index (χ2v) is 7.67. The Hall–Kier alpha value is -2.45. The maximum Gasteiger partial charge on any atom is 0.326 e. The van der Waals surface area contributed by atoms with E-state index in [0.29, 0.717) is 38.6 Å². The summed E-state index contributed by atoms with van der Waals surface area (Å²) in [5.41, 5.74) is 12.4. The second kappa shape index (κ2) is 12.9. The van der Waals surface area contributed by atoms with Crippen LogP contribution in [0.3, 0.4) is 0 Å². The van der Waals surface area contributed by atoms with Gasteiger partial charge >= 0.3 is 5.97 Å². The number of carbonyl (C=O) groups is 3. The van der Waals surface area contributed by atoms with E-state index in [-0.39, 0.29) is 5.92 Å². The molecule has 1 aromatic rings. The van der Waals surface area contributed by atoms with E-state index in [9.17, 15) is 19.5 Å². The summed E-state index contributed by atoms with van der Waals surface area (Å²) in [5.74, 6) is -1.96. The van der Waals surface area contributed by atoms with Gasteiger partial charge in [0.25, 0.3) is 0 Å². The zero-order valence-electron chi connectivity index (χ0n) is 17.3. The maximum atomic E-state index is 12.7. The van der Waals surface area contributed by atoms with Crippen LogP contribution in [-0.2, 0) is 20.8 Å². The molecule has 0 saturated heterocycles. The van der Waals surface area contributed by atoms with Crippen LogP contribution in [0.5, 0.6) is 0 Å². The van der Waals surface area contributed by atoms with Gasteiger partial charge in [0.2, 0.25) is 11.8 Å². The molecule has 7 N–H and O–H groups in total. The van der Waals surface area contributed by atoms with Gasteiger partial charge in [0.1, 0.15) is 12.1 Å². The number of carboxylic acids is 1. The summed E-state index contributed by atoms with van der Waals surface area (Å²) in [4.78, 5) is 36.7. The van der Waals surface area contributed by atoms with E-state index >= 15 is 0 Å². The van der Waals surface area contributed by atoms with Crippen molar-refractivity contribution in [3.05, 3.63) is 35.9 Å². The van der Waals surface area contributed by atoms with Gasteiger partial charge in [-0.1, -0.05) is 44.2 Å². The van der Waals surface area contributed by atoms with Gasteiger partial charge in [0, 0.05) is 0 Å². The number of carboxylic acid groups (broad SMARTS) is 1. The fraction of sp³-hybridized carbons (Fsp3) is 0.571. The molecule has 0 fully saturated rings. The van der Waals surface area contributed by atoms with Crippen molar-refractivity contribution in [3.8, 4) is 0 Å². The lowest BCUT2D eigenvalue weighted by atomic mass is 10.0. The number of benzene rings is 1. The van der Waals surface area contributed by atoms with Gasteiger partial charge in [0.05, 0.1) is 6.04 Å². The summed E-state index contributed by atoms with van der Waals surface area (Å²) in [6.07, 6.45) is 2.34. The van der Waals surface area contributed by atoms with Gasteiger partial charge in [-0.15, -0.1) is 0 Å². The first-order chi connectivity index (χ1) is 13.7. The third-order valence-electron chi connectivity index (χ3n) is 4.54. The zero-order valence-corrected chi connectivity index (χ0v) is 17.3. The Morgan fingerprint density at radius 1 is 1.00 bits per heavy atom. The van der Waals surface area contributed by atoms with E-state index in [4.69, 9.17) is 11.5 Å². The van der Waals surface area contributed by atoms with E-state index in [2.05, 4.69) is 10.6 Å². The van der Waals surface area contributed by atoms with Crippen molar-refractivity contribution in [2.45, 2.75) is 64.1 Å². The Morgan fingerprint density at radius 3 is 2.17 bits per heavy atom. The van der Waals surface area contributed by atoms with Crippen molar-refractivity contribution >= 4 is 17.8 Å². The third kappa shape index (κ3) is 9.54. The maximum absolute atomic E-state index is 12.7. The molecule has 0 bridgehead atoms. The molecule has 8 nitrogen and oxygen atoms in total. The average Bonchev–Trinajstić information content (AvgIpc) is 2.66. The molecule has 8 heteroatoms. The fourth-order valence-corrected chi connectivity index (χ4v) is 2.97. The molecule has 0 spiro atoms. The van der Waals surface area contributed by atoms with Crippen LogP contribution >= 0.6 is 0 Å². The highest BCUT2D eigenvalue weighted by Gasteiger charge is 2.28. The zero-order chi connectivity index (χ0) is 21.8. The number of amides is 2. The van der Waals surface area contributed by atoms with Crippen LogP contribution < -0.4 is 22.1 Å². The van der Waals surface area contributed by atoms with Gasteiger partial charge in [0.15, 0.2) is 0 Å². The molecule has 0 radical (unpaired) electrons. The van der Waals surface area contributed by atoms with Crippen LogP contribution in [0.1, 0.15) is 45.1 Å². The summed E-state index contributed by atoms with van der Waals surface area (Å²) in [6, 6.07) is 6.69. The molecular weight excluding hydrogens is 372 g/mol. The molecule has 29 heavy (non-hydrogen) atoms. The monoisotopic (exact) mass is 406 g/mol. The van der Waals surface area contributed by atoms with Crippen molar-refractivity contribution in [2.75, 3.05) is 6.54 Å². The first kappa shape index (κ1) is 24.6. The lowest BCUT2D eigenvalue weighted by molar-refractivity contribution is -0.142. The minimum atomic E-state index is -1.10. The summed E-state index contributed by atoms with van der Waals surface area (Å²) >= 11 is 0. The molecule has 3 unspecified atom stereocenters. The molecule has 1 rings (SSSR count). The van der Waals surface area contributed by atoms with Crippen LogP contribution in [0.15, 0.2) is 30.3 Å². The summed E-state index contributed by atoms with van der Waals surface area (Å²) < 4.78 is 0. The normalized spacial score (nSPS) is 14.1. The molecule has 0 saturated carbocycles. The van der Waals surface area contributed by atoms with Crippen LogP contribution in [0, 0.1) is 5.92 Å². The number of nitrogens with two attached hydrogens (primary N) is 2. The molecule has 0 heterocycles. The number of hydrogen-bond donors (Lipinski definition) is 5. The van der Waals surface area contributed by atoms with Crippen LogP contribution in [0.4, 0.5) is 0 Å². The smallest absolute Gasteiger partial charge is 0.326 e. The molecule has 1 aromatic carbocycles. The Kier molecular flexibility index (Phi) is 10.9. The number of carbonyl (C=O) groups excluding carboxylic acids is 2. The van der Waals surface area contributed by atoms with Crippen molar-refractivity contribution in [2.24, 2.45) is 17.4 Å². The summed E-state index contributed by atoms with van der Waals surface area (Å²) in [6.45, 7) is 4.23. The predicted octanol–water partition coefficient (Wildman–Crippen LogP) is 0.786. The van der Waals surface area contributed by atoms with Crippen molar-refractivity contribution in [3.63, 3.8) is 0 Å². The number of rotatable bonds is 13. The van der Waals surface area contributed by atoms with E-state index in [1.807, 2.05) is 44.2 Å². The Morgan fingerprint density at radius 2 is 1.62 bits per heavy atom. The number of aliphatic carboxylic acids is 1. The highest BCUT2D eigenvalue weighted by atomic mass is 16.4. The highest BCUT2D eigenvalue weighted by molar-refractivity contribution is 5.91. The van der Waals surface area contributed by atoms with Crippen molar-refractivity contribution in [1.82, 2.24) is 10.6 Å². The van der Waals surface area contributed by atoms with Gasteiger partial charge in [-0.05, 0) is 50.1 Å². The largest absolute Gasteiger partial charge is 0.480 e. The minimum Gasteiger partial charge on any atom is -0.480 e. The standard InChI is InChI=1S/C21H34N4O4/c1-14(2)12-18(21(28)29)25-20(27)17(10-6-7-11-22)24-19(26)16(23)13-15-8-4-3-5-9-15/h3-5,8-9,14,16-18H,6-7,10-13,22-23H2,1-2H3,(H,24,26)(H,25,27)(H,28,29). The predicted molar refractivity (Wildman–Crippen MR) is 112 cm³/mol. The quantitative estimate of drug-likeness (QED) is 0.306. The van der Waals surface area contributed by atoms with E-state index in [1.54, 1.807) is 0 Å². The summed E-state index contributed by atoms with van der Waals surface area (Å²) in [7, 11) is 0. The lowest BCUT2D eigenvalue weighted by Gasteiger charge is -2.23. The van der Waals surface area contributed by atoms with Gasteiger partial charge in [-0.25, -0.2) is 4.79 Å². The molecule has 0 aliphatic heterocycles. The van der Waals surface area contributed by atoms with Gasteiger partial charge in [-0.3, -0.25) is 9.59 Å². The number of nitrogens with one attached hydrogen (secondary N) is 2. The van der Waals surface area contributed by atoms with Crippen molar-refractivity contribution in [1.29, 1.82) is 0 Å². The second-order valence-electron chi connectivity index (χ2n) is 7.67. The lowest BCUT2D eigenvalue weighted by Crippen LogP contribution is -2.55. The van der Waals surface area contributed by atoms with Crippen LogP contribution in [0.2, 0.25) is 0 Å². The Balaban J connectivity index is 2.77. The average molecular weight is 407 g/mol. The Labute approximate surface area is 172 Å². The first-order valence-electron chi connectivity index (χ1n) is 10.1. The van der Waals surface area contributed by atoms with Gasteiger partial charge < -0.3 is 27.2 Å². The summed E-state index contributed by atoms with van der Waals surface area (Å²) in [5, 5.41) is 14.6. The van der Waals surface area contributed by atoms with Gasteiger partial charge in [-0.2, -0.15) is 0 Å². The minimum absolute atomic E-state index is 0.0981. The number of unbranched alkanes of at least 4 members (excludes halogenated alkanes) is 1. The fourth-order valence-electron chi connectivity index (χ4n) is 2.97. The Bertz CT molecular complexity index is 651. The highest BCUT2D eigenvalue weighted by Crippen LogP contribution is 2.08. The van der Waals surface area contributed by atoms with E-state index in [1.165, 1.54) is 0 Å². The molecular formula is C21H34N4O4. The first-order valence-corrected chi connectivity index (χ1v) is 10.1. The molecule has 2 amide bonds. The molecule has 0 aliphatic rings. The molecule has 162 valence electrons. The molecule has 0 aromatic heterocycles. The molecule has 0 aliphatic carbocycles. The van der Waals surface area contributed by atoms with E-state index < -0.39 is 35.9 Å². The SMILES string of the molecule is CC(C)CC(NC(=O)C(CCCCN)NC(=O)C(N)Cc1ccccc1)C(=O)O. The van der Waals surface area contributed by atoms with E-state index in [0.717, 1.165) is 5.56 Å². The molecule has 3 atom stereocenters. The topological polar surface area (TPSA) is 148 Å².